The smallest absolute Gasteiger partial charge is 0.174 e. The van der Waals surface area contributed by atoms with E-state index in [1.807, 2.05) is 20.3 Å². The molecule has 0 radical (unpaired) electrons. The van der Waals surface area contributed by atoms with Crippen molar-refractivity contribution in [1.82, 2.24) is 5.43 Å². The maximum absolute atomic E-state index is 8.85. The van der Waals surface area contributed by atoms with Gasteiger partial charge in [0, 0.05) is 6.08 Å². The third-order valence-corrected chi connectivity index (χ3v) is 1.11. The Morgan fingerprint density at radius 1 is 1.62 bits per heavy atom. The Morgan fingerprint density at radius 2 is 2.25 bits per heavy atom. The Morgan fingerprint density at radius 3 is 2.38 bits per heavy atom. The van der Waals surface area contributed by atoms with Crippen LogP contribution in [0, 0.1) is 0 Å². The minimum atomic E-state index is -0.468. The van der Waals surface area contributed by atoms with Gasteiger partial charge in [0.1, 0.15) is 6.20 Å². The standard InChI is InChI=1S/C5H11N2O/c1-7(2)4-3-5(8)6-7/h3-6,8H,1-2H3/q+1. The van der Waals surface area contributed by atoms with Gasteiger partial charge >= 0.3 is 0 Å². The minimum Gasteiger partial charge on any atom is -0.370 e. The van der Waals surface area contributed by atoms with Gasteiger partial charge in [-0.3, -0.25) is 0 Å². The molecule has 0 aromatic heterocycles. The Hall–Kier alpha value is -0.380. The summed E-state index contributed by atoms with van der Waals surface area (Å²) in [5, 5.41) is 8.85. The summed E-state index contributed by atoms with van der Waals surface area (Å²) in [5.74, 6) is 0. The molecule has 1 aliphatic heterocycles. The lowest BCUT2D eigenvalue weighted by Gasteiger charge is -2.19. The van der Waals surface area contributed by atoms with Gasteiger partial charge in [-0.15, -0.1) is 5.43 Å². The Labute approximate surface area is 48.8 Å². The van der Waals surface area contributed by atoms with Crippen LogP contribution < -0.4 is 5.43 Å². The first kappa shape index (κ1) is 5.75. The molecule has 0 saturated heterocycles. The number of hydrogen-bond acceptors (Lipinski definition) is 2. The number of aliphatic hydroxyl groups excluding tert-OH is 1. The van der Waals surface area contributed by atoms with Gasteiger partial charge in [0.2, 0.25) is 0 Å². The topological polar surface area (TPSA) is 32.3 Å². The lowest BCUT2D eigenvalue weighted by atomic mass is 10.6. The number of nitrogens with one attached hydrogen (secondary N) is 1. The second kappa shape index (κ2) is 1.55. The van der Waals surface area contributed by atoms with E-state index in [2.05, 4.69) is 5.43 Å². The van der Waals surface area contributed by atoms with Gasteiger partial charge in [-0.2, -0.15) is 0 Å². The Bertz CT molecular complexity index is 120. The molecule has 0 aliphatic carbocycles. The fraction of sp³-hybridized carbons (Fsp3) is 0.600. The van der Waals surface area contributed by atoms with E-state index in [9.17, 15) is 0 Å². The number of quaternary nitrogens is 1. The number of aliphatic hydroxyl groups is 1. The van der Waals surface area contributed by atoms with Crippen molar-refractivity contribution in [3.8, 4) is 0 Å². The maximum atomic E-state index is 8.85. The van der Waals surface area contributed by atoms with E-state index in [0.29, 0.717) is 4.59 Å². The molecule has 46 valence electrons. The van der Waals surface area contributed by atoms with Crippen LogP contribution in [0.5, 0.6) is 0 Å². The normalized spacial score (nSPS) is 33.6. The summed E-state index contributed by atoms with van der Waals surface area (Å²) in [6.07, 6.45) is 3.15. The molecule has 0 fully saturated rings. The summed E-state index contributed by atoms with van der Waals surface area (Å²) in [5.41, 5.74) is 2.88. The number of hydrogen-bond donors (Lipinski definition) is 2. The molecule has 1 rings (SSSR count). The second-order valence-electron chi connectivity index (χ2n) is 2.46. The predicted octanol–water partition coefficient (Wildman–Crippen LogP) is -0.587. The van der Waals surface area contributed by atoms with E-state index in [1.54, 1.807) is 6.08 Å². The molecular formula is C5H11N2O+. The van der Waals surface area contributed by atoms with Crippen LogP contribution in [0.4, 0.5) is 0 Å². The molecule has 3 nitrogen and oxygen atoms in total. The zero-order valence-corrected chi connectivity index (χ0v) is 5.13. The van der Waals surface area contributed by atoms with Crippen LogP contribution in [0.3, 0.4) is 0 Å². The molecule has 0 aromatic rings. The summed E-state index contributed by atoms with van der Waals surface area (Å²) < 4.78 is 0.557. The van der Waals surface area contributed by atoms with E-state index >= 15 is 0 Å². The summed E-state index contributed by atoms with van der Waals surface area (Å²) in [7, 11) is 3.90. The van der Waals surface area contributed by atoms with E-state index < -0.39 is 6.23 Å². The third kappa shape index (κ3) is 1.06. The average molecular weight is 115 g/mol. The highest BCUT2D eigenvalue weighted by Crippen LogP contribution is 2.02. The molecule has 1 heterocycles. The van der Waals surface area contributed by atoms with E-state index in [4.69, 9.17) is 5.11 Å². The van der Waals surface area contributed by atoms with E-state index in [0.717, 1.165) is 0 Å². The quantitative estimate of drug-likeness (QED) is 0.414. The van der Waals surface area contributed by atoms with Crippen molar-refractivity contribution in [1.29, 1.82) is 0 Å². The van der Waals surface area contributed by atoms with Crippen molar-refractivity contribution in [3.05, 3.63) is 12.3 Å². The highest BCUT2D eigenvalue weighted by molar-refractivity contribution is 4.83. The molecular weight excluding hydrogens is 104 g/mol. The predicted molar refractivity (Wildman–Crippen MR) is 30.4 cm³/mol. The number of nitrogens with zero attached hydrogens (tertiary/aromatic N) is 1. The SMILES string of the molecule is C[N+]1(C)C=CC(O)N1. The molecule has 0 aromatic carbocycles. The highest BCUT2D eigenvalue weighted by atomic mass is 16.3. The molecule has 0 amide bonds. The molecule has 1 atom stereocenters. The Kier molecular flexibility index (Phi) is 1.11. The van der Waals surface area contributed by atoms with Crippen molar-refractivity contribution < 1.29 is 9.70 Å². The van der Waals surface area contributed by atoms with Crippen molar-refractivity contribution in [2.24, 2.45) is 0 Å². The lowest BCUT2D eigenvalue weighted by molar-refractivity contribution is -0.883. The van der Waals surface area contributed by atoms with Crippen molar-refractivity contribution in [2.75, 3.05) is 14.1 Å². The van der Waals surface area contributed by atoms with Gasteiger partial charge in [-0.25, -0.2) is 4.59 Å². The van der Waals surface area contributed by atoms with Crippen LogP contribution in [-0.4, -0.2) is 30.0 Å². The maximum Gasteiger partial charge on any atom is 0.174 e. The van der Waals surface area contributed by atoms with Crippen molar-refractivity contribution in [3.63, 3.8) is 0 Å². The van der Waals surface area contributed by atoms with Gasteiger partial charge in [-0.1, -0.05) is 0 Å². The minimum absolute atomic E-state index is 0.468. The van der Waals surface area contributed by atoms with E-state index in [-0.39, 0.29) is 0 Å². The lowest BCUT2D eigenvalue weighted by Crippen LogP contribution is -2.46. The third-order valence-electron chi connectivity index (χ3n) is 1.11. The number of rotatable bonds is 0. The zero-order valence-electron chi connectivity index (χ0n) is 5.13. The molecule has 0 bridgehead atoms. The first-order chi connectivity index (χ1) is 3.60. The second-order valence-corrected chi connectivity index (χ2v) is 2.46. The monoisotopic (exact) mass is 115 g/mol. The van der Waals surface area contributed by atoms with Crippen LogP contribution in [0.2, 0.25) is 0 Å². The van der Waals surface area contributed by atoms with Gasteiger partial charge < -0.3 is 5.11 Å². The fourth-order valence-corrected chi connectivity index (χ4v) is 0.724. The molecule has 0 spiro atoms. The van der Waals surface area contributed by atoms with Gasteiger partial charge in [0.05, 0.1) is 14.1 Å². The average Bonchev–Trinajstić information content (AvgIpc) is 1.82. The first-order valence-electron chi connectivity index (χ1n) is 2.59. The van der Waals surface area contributed by atoms with Crippen LogP contribution in [0.1, 0.15) is 0 Å². The molecule has 2 N–H and O–H groups in total. The zero-order chi connectivity index (χ0) is 6.20. The summed E-state index contributed by atoms with van der Waals surface area (Å²) in [6, 6.07) is 0. The van der Waals surface area contributed by atoms with Gasteiger partial charge in [-0.05, 0) is 0 Å². The molecule has 1 aliphatic rings. The van der Waals surface area contributed by atoms with Crippen LogP contribution >= 0.6 is 0 Å². The van der Waals surface area contributed by atoms with Gasteiger partial charge in [0.15, 0.2) is 6.23 Å². The molecule has 0 saturated carbocycles. The van der Waals surface area contributed by atoms with Crippen molar-refractivity contribution in [2.45, 2.75) is 6.23 Å². The molecule has 1 unspecified atom stereocenters. The summed E-state index contributed by atoms with van der Waals surface area (Å²) in [4.78, 5) is 0. The van der Waals surface area contributed by atoms with Crippen LogP contribution in [0.25, 0.3) is 0 Å². The van der Waals surface area contributed by atoms with Crippen LogP contribution in [-0.2, 0) is 0 Å². The summed E-state index contributed by atoms with van der Waals surface area (Å²) in [6.45, 7) is 0. The van der Waals surface area contributed by atoms with Gasteiger partial charge in [0.25, 0.3) is 0 Å². The molecule has 3 heteroatoms. The highest BCUT2D eigenvalue weighted by Gasteiger charge is 2.21. The Balaban J connectivity index is 2.58. The largest absolute Gasteiger partial charge is 0.370 e. The van der Waals surface area contributed by atoms with E-state index in [1.165, 1.54) is 0 Å². The van der Waals surface area contributed by atoms with Crippen LogP contribution in [0.15, 0.2) is 12.3 Å². The first-order valence-corrected chi connectivity index (χ1v) is 2.59. The molecule has 8 heavy (non-hydrogen) atoms. The fourth-order valence-electron chi connectivity index (χ4n) is 0.724. The van der Waals surface area contributed by atoms with Crippen molar-refractivity contribution >= 4 is 0 Å². The summed E-state index contributed by atoms with van der Waals surface area (Å²) >= 11 is 0.